The van der Waals surface area contributed by atoms with Crippen molar-refractivity contribution in [3.63, 3.8) is 0 Å². The topological polar surface area (TPSA) is 56.7 Å². The molecule has 5 nitrogen and oxygen atoms in total. The molecule has 0 saturated carbocycles. The van der Waals surface area contributed by atoms with Crippen LogP contribution in [0, 0.1) is 0 Å². The molecular weight excluding hydrogens is 346 g/mol. The van der Waals surface area contributed by atoms with E-state index in [2.05, 4.69) is 15.2 Å². The number of hydrogen-bond acceptors (Lipinski definition) is 5. The van der Waals surface area contributed by atoms with E-state index in [4.69, 9.17) is 4.42 Å². The SMILES string of the molecule is FC(F)n1c(CSc2nnc(-c3ccccc3)o2)nc2ccccc21. The summed E-state index contributed by atoms with van der Waals surface area (Å²) in [6.45, 7) is -2.66. The average Bonchev–Trinajstić information content (AvgIpc) is 3.25. The number of halogens is 2. The predicted molar refractivity (Wildman–Crippen MR) is 90.3 cm³/mol. The van der Waals surface area contributed by atoms with E-state index in [1.165, 1.54) is 11.8 Å². The van der Waals surface area contributed by atoms with Crippen LogP contribution in [0.4, 0.5) is 8.78 Å². The van der Waals surface area contributed by atoms with Gasteiger partial charge in [-0.1, -0.05) is 42.1 Å². The quantitative estimate of drug-likeness (QED) is 0.481. The van der Waals surface area contributed by atoms with Gasteiger partial charge in [-0.3, -0.25) is 4.57 Å². The van der Waals surface area contributed by atoms with Crippen molar-refractivity contribution in [1.82, 2.24) is 19.7 Å². The first-order valence-corrected chi connectivity index (χ1v) is 8.46. The van der Waals surface area contributed by atoms with E-state index >= 15 is 0 Å². The molecule has 2 aromatic heterocycles. The second kappa shape index (κ2) is 6.64. The van der Waals surface area contributed by atoms with E-state index in [9.17, 15) is 8.78 Å². The number of alkyl halides is 2. The van der Waals surface area contributed by atoms with Gasteiger partial charge in [0.25, 0.3) is 5.22 Å². The number of rotatable bonds is 5. The van der Waals surface area contributed by atoms with Crippen LogP contribution in [0.1, 0.15) is 12.4 Å². The summed E-state index contributed by atoms with van der Waals surface area (Å²) in [5.41, 5.74) is 1.75. The monoisotopic (exact) mass is 358 g/mol. The van der Waals surface area contributed by atoms with Gasteiger partial charge in [0.1, 0.15) is 5.82 Å². The minimum Gasteiger partial charge on any atom is -0.411 e. The number of thioether (sulfide) groups is 1. The first-order valence-electron chi connectivity index (χ1n) is 7.48. The smallest absolute Gasteiger partial charge is 0.320 e. The summed E-state index contributed by atoms with van der Waals surface area (Å²) in [6, 6.07) is 16.2. The zero-order valence-electron chi connectivity index (χ0n) is 12.8. The molecule has 0 atom stereocenters. The zero-order chi connectivity index (χ0) is 17.2. The van der Waals surface area contributed by atoms with Gasteiger partial charge in [-0.25, -0.2) is 4.98 Å². The molecule has 126 valence electrons. The number of nitrogens with zero attached hydrogens (tertiary/aromatic N) is 4. The fourth-order valence-corrected chi connectivity index (χ4v) is 3.20. The molecule has 4 rings (SSSR count). The van der Waals surface area contributed by atoms with Crippen LogP contribution < -0.4 is 0 Å². The highest BCUT2D eigenvalue weighted by Gasteiger charge is 2.18. The minimum atomic E-state index is -2.66. The van der Waals surface area contributed by atoms with E-state index in [0.717, 1.165) is 10.1 Å². The van der Waals surface area contributed by atoms with Gasteiger partial charge in [0.2, 0.25) is 5.89 Å². The largest absolute Gasteiger partial charge is 0.411 e. The fourth-order valence-electron chi connectivity index (χ4n) is 2.51. The molecule has 4 aromatic rings. The molecule has 0 N–H and O–H groups in total. The van der Waals surface area contributed by atoms with Crippen LogP contribution in [0.5, 0.6) is 0 Å². The fraction of sp³-hybridized carbons (Fsp3) is 0.118. The Bertz CT molecular complexity index is 1000. The molecule has 2 aromatic carbocycles. The summed E-state index contributed by atoms with van der Waals surface area (Å²) >= 11 is 1.18. The first kappa shape index (κ1) is 15.8. The summed E-state index contributed by atoms with van der Waals surface area (Å²) < 4.78 is 33.3. The van der Waals surface area contributed by atoms with E-state index in [0.29, 0.717) is 22.1 Å². The molecule has 0 fully saturated rings. The molecule has 0 unspecified atom stereocenters. The molecule has 0 bridgehead atoms. The van der Waals surface area contributed by atoms with Crippen LogP contribution in [0.15, 0.2) is 64.2 Å². The Balaban J connectivity index is 1.57. The van der Waals surface area contributed by atoms with Crippen LogP contribution in [-0.2, 0) is 5.75 Å². The van der Waals surface area contributed by atoms with Gasteiger partial charge in [-0.05, 0) is 24.3 Å². The van der Waals surface area contributed by atoms with Crippen molar-refractivity contribution in [2.45, 2.75) is 17.5 Å². The second-order valence-corrected chi connectivity index (χ2v) is 6.12. The maximum absolute atomic E-state index is 13.4. The number of aromatic nitrogens is 4. The highest BCUT2D eigenvalue weighted by atomic mass is 32.2. The maximum atomic E-state index is 13.4. The van der Waals surface area contributed by atoms with Gasteiger partial charge in [-0.2, -0.15) is 8.78 Å². The summed E-state index contributed by atoms with van der Waals surface area (Å²) in [5.74, 6) is 0.862. The van der Waals surface area contributed by atoms with E-state index in [1.807, 2.05) is 30.3 Å². The molecule has 0 aliphatic carbocycles. The Morgan fingerprint density at radius 2 is 1.76 bits per heavy atom. The van der Waals surface area contributed by atoms with Crippen LogP contribution in [-0.4, -0.2) is 19.7 Å². The molecule has 0 aliphatic heterocycles. The molecule has 0 radical (unpaired) electrons. The third-order valence-corrected chi connectivity index (χ3v) is 4.43. The molecule has 25 heavy (non-hydrogen) atoms. The third kappa shape index (κ3) is 3.12. The molecule has 0 spiro atoms. The molecule has 0 amide bonds. The van der Waals surface area contributed by atoms with Crippen molar-refractivity contribution >= 4 is 22.8 Å². The summed E-state index contributed by atoms with van der Waals surface area (Å²) in [7, 11) is 0. The zero-order valence-corrected chi connectivity index (χ0v) is 13.7. The van der Waals surface area contributed by atoms with Gasteiger partial charge in [-0.15, -0.1) is 10.2 Å². The van der Waals surface area contributed by atoms with Crippen LogP contribution in [0.3, 0.4) is 0 Å². The summed E-state index contributed by atoms with van der Waals surface area (Å²) in [5, 5.41) is 8.26. The molecule has 2 heterocycles. The second-order valence-electron chi connectivity index (χ2n) is 5.19. The van der Waals surface area contributed by atoms with Crippen molar-refractivity contribution in [2.75, 3.05) is 0 Å². The highest BCUT2D eigenvalue weighted by Crippen LogP contribution is 2.29. The van der Waals surface area contributed by atoms with Gasteiger partial charge in [0, 0.05) is 5.56 Å². The Morgan fingerprint density at radius 3 is 2.56 bits per heavy atom. The van der Waals surface area contributed by atoms with Crippen molar-refractivity contribution in [3.05, 3.63) is 60.4 Å². The van der Waals surface area contributed by atoms with Crippen LogP contribution in [0.25, 0.3) is 22.5 Å². The lowest BCUT2D eigenvalue weighted by Crippen LogP contribution is -2.03. The summed E-state index contributed by atoms with van der Waals surface area (Å²) in [4.78, 5) is 4.29. The van der Waals surface area contributed by atoms with Crippen molar-refractivity contribution in [1.29, 1.82) is 0 Å². The molecule has 8 heteroatoms. The Hall–Kier alpha value is -2.74. The third-order valence-electron chi connectivity index (χ3n) is 3.62. The van der Waals surface area contributed by atoms with Crippen LogP contribution >= 0.6 is 11.8 Å². The molecule has 0 aliphatic rings. The normalized spacial score (nSPS) is 11.5. The van der Waals surface area contributed by atoms with Gasteiger partial charge >= 0.3 is 6.55 Å². The average molecular weight is 358 g/mol. The standard InChI is InChI=1S/C17H12F2N4OS/c18-16(19)23-13-9-5-4-8-12(13)20-14(23)10-25-17-22-21-15(24-17)11-6-2-1-3-7-11/h1-9,16H,10H2. The number of imidazole rings is 1. The number of fused-ring (bicyclic) bond motifs is 1. The van der Waals surface area contributed by atoms with E-state index in [-0.39, 0.29) is 11.6 Å². The van der Waals surface area contributed by atoms with Crippen molar-refractivity contribution in [3.8, 4) is 11.5 Å². The van der Waals surface area contributed by atoms with Crippen LogP contribution in [0.2, 0.25) is 0 Å². The van der Waals surface area contributed by atoms with Crippen molar-refractivity contribution < 1.29 is 13.2 Å². The number of para-hydroxylation sites is 2. The molecular formula is C17H12F2N4OS. The van der Waals surface area contributed by atoms with Gasteiger partial charge in [0.05, 0.1) is 16.8 Å². The number of hydrogen-bond donors (Lipinski definition) is 0. The van der Waals surface area contributed by atoms with Gasteiger partial charge in [0.15, 0.2) is 0 Å². The van der Waals surface area contributed by atoms with E-state index in [1.54, 1.807) is 24.3 Å². The Labute approximate surface area is 145 Å². The lowest BCUT2D eigenvalue weighted by atomic mass is 10.2. The molecule has 0 saturated heterocycles. The summed E-state index contributed by atoms with van der Waals surface area (Å²) in [6.07, 6.45) is 0. The lowest BCUT2D eigenvalue weighted by Gasteiger charge is -2.06. The Morgan fingerprint density at radius 1 is 1.00 bits per heavy atom. The number of benzene rings is 2. The minimum absolute atomic E-state index is 0.204. The first-order chi connectivity index (χ1) is 12.2. The van der Waals surface area contributed by atoms with E-state index < -0.39 is 6.55 Å². The highest BCUT2D eigenvalue weighted by molar-refractivity contribution is 7.98. The van der Waals surface area contributed by atoms with Crippen molar-refractivity contribution in [2.24, 2.45) is 0 Å². The van der Waals surface area contributed by atoms with Gasteiger partial charge < -0.3 is 4.42 Å². The Kier molecular flexibility index (Phi) is 4.19. The maximum Gasteiger partial charge on any atom is 0.320 e. The lowest BCUT2D eigenvalue weighted by molar-refractivity contribution is 0.0722. The predicted octanol–water partition coefficient (Wildman–Crippen LogP) is 4.77.